The highest BCUT2D eigenvalue weighted by Crippen LogP contribution is 2.32. The predicted molar refractivity (Wildman–Crippen MR) is 107 cm³/mol. The number of rotatable bonds is 7. The summed E-state index contributed by atoms with van der Waals surface area (Å²) in [5, 5.41) is 3.02. The Kier molecular flexibility index (Phi) is 5.28. The van der Waals surface area contributed by atoms with Gasteiger partial charge in [0.1, 0.15) is 5.82 Å². The molecule has 1 atom stereocenters. The van der Waals surface area contributed by atoms with E-state index >= 15 is 0 Å². The molecule has 1 saturated carbocycles. The Morgan fingerprint density at radius 2 is 2.00 bits per heavy atom. The van der Waals surface area contributed by atoms with Crippen LogP contribution in [0.25, 0.3) is 0 Å². The summed E-state index contributed by atoms with van der Waals surface area (Å²) in [7, 11) is 2.00. The Morgan fingerprint density at radius 1 is 1.21 bits per heavy atom. The summed E-state index contributed by atoms with van der Waals surface area (Å²) in [6.45, 7) is 1.71. The van der Waals surface area contributed by atoms with Crippen molar-refractivity contribution in [3.05, 3.63) is 59.8 Å². The first kappa shape index (κ1) is 18.5. The monoisotopic (exact) mass is 378 g/mol. The van der Waals surface area contributed by atoms with Crippen molar-refractivity contribution in [2.45, 2.75) is 38.4 Å². The molecule has 0 radical (unpaired) electrons. The second-order valence-electron chi connectivity index (χ2n) is 7.72. The van der Waals surface area contributed by atoms with Crippen LogP contribution in [0.15, 0.2) is 48.7 Å². The van der Waals surface area contributed by atoms with E-state index in [9.17, 15) is 9.59 Å². The lowest BCUT2D eigenvalue weighted by molar-refractivity contribution is -0.129. The summed E-state index contributed by atoms with van der Waals surface area (Å²) in [5.74, 6) is 0.688. The minimum atomic E-state index is -0.240. The number of anilines is 1. The Labute approximate surface area is 165 Å². The number of benzene rings is 1. The Morgan fingerprint density at radius 3 is 2.75 bits per heavy atom. The topological polar surface area (TPSA) is 65.5 Å². The van der Waals surface area contributed by atoms with Crippen LogP contribution in [-0.4, -0.2) is 41.3 Å². The van der Waals surface area contributed by atoms with E-state index in [0.29, 0.717) is 25.6 Å². The quantitative estimate of drug-likeness (QED) is 0.803. The summed E-state index contributed by atoms with van der Waals surface area (Å²) in [4.78, 5) is 33.2. The van der Waals surface area contributed by atoms with Crippen molar-refractivity contribution < 1.29 is 9.59 Å². The molecular weight excluding hydrogens is 352 g/mol. The zero-order valence-corrected chi connectivity index (χ0v) is 16.2. The normalized spacial score (nSPS) is 19.0. The summed E-state index contributed by atoms with van der Waals surface area (Å²) in [6.07, 6.45) is 4.25. The van der Waals surface area contributed by atoms with Crippen LogP contribution in [0.5, 0.6) is 0 Å². The highest BCUT2D eigenvalue weighted by Gasteiger charge is 2.41. The van der Waals surface area contributed by atoms with Crippen molar-refractivity contribution in [3.63, 3.8) is 0 Å². The number of nitrogens with zero attached hydrogens (tertiary/aromatic N) is 3. The summed E-state index contributed by atoms with van der Waals surface area (Å²) in [6, 6.07) is 14.5. The number of hydrogen-bond acceptors (Lipinski definition) is 4. The number of aromatic nitrogens is 1. The molecule has 1 aliphatic carbocycles. The molecule has 1 aromatic carbocycles. The summed E-state index contributed by atoms with van der Waals surface area (Å²) >= 11 is 0. The second kappa shape index (κ2) is 8.00. The Bertz CT molecular complexity index is 851. The zero-order chi connectivity index (χ0) is 19.5. The molecule has 2 aromatic rings. The Balaban J connectivity index is 1.37. The van der Waals surface area contributed by atoms with Gasteiger partial charge in [0, 0.05) is 50.9 Å². The van der Waals surface area contributed by atoms with E-state index in [2.05, 4.69) is 27.3 Å². The molecule has 1 aliphatic heterocycles. The molecule has 2 fully saturated rings. The predicted octanol–water partition coefficient (Wildman–Crippen LogP) is 2.35. The number of carbonyl (C=O) groups is 2. The first-order valence-corrected chi connectivity index (χ1v) is 9.88. The number of carbonyl (C=O) groups excluding carboxylic acids is 2. The molecule has 28 heavy (non-hydrogen) atoms. The van der Waals surface area contributed by atoms with Crippen molar-refractivity contribution in [2.75, 3.05) is 18.5 Å². The van der Waals surface area contributed by atoms with Gasteiger partial charge in [0.05, 0.1) is 5.92 Å². The maximum Gasteiger partial charge on any atom is 0.225 e. The number of nitrogens with one attached hydrogen (secondary N) is 1. The molecule has 1 unspecified atom stereocenters. The van der Waals surface area contributed by atoms with Crippen molar-refractivity contribution >= 4 is 17.6 Å². The van der Waals surface area contributed by atoms with E-state index in [-0.39, 0.29) is 17.7 Å². The zero-order valence-electron chi connectivity index (χ0n) is 16.2. The van der Waals surface area contributed by atoms with Crippen molar-refractivity contribution in [1.82, 2.24) is 15.2 Å². The lowest BCUT2D eigenvalue weighted by atomic mass is 10.1. The molecule has 146 valence electrons. The van der Waals surface area contributed by atoms with Crippen molar-refractivity contribution in [2.24, 2.45) is 5.92 Å². The van der Waals surface area contributed by atoms with Gasteiger partial charge in [-0.3, -0.25) is 9.59 Å². The van der Waals surface area contributed by atoms with Gasteiger partial charge < -0.3 is 15.1 Å². The van der Waals surface area contributed by atoms with Crippen LogP contribution in [0.4, 0.5) is 5.82 Å². The highest BCUT2D eigenvalue weighted by atomic mass is 16.2. The number of pyridine rings is 1. The maximum atomic E-state index is 12.6. The molecule has 2 amide bonds. The average molecular weight is 378 g/mol. The molecule has 1 aromatic heterocycles. The summed E-state index contributed by atoms with van der Waals surface area (Å²) in [5.41, 5.74) is 2.17. The molecule has 0 spiro atoms. The van der Waals surface area contributed by atoms with Crippen molar-refractivity contribution in [3.8, 4) is 0 Å². The molecule has 6 nitrogen and oxygen atoms in total. The minimum absolute atomic E-state index is 0.0444. The van der Waals surface area contributed by atoms with E-state index in [1.54, 1.807) is 6.20 Å². The van der Waals surface area contributed by atoms with Gasteiger partial charge >= 0.3 is 0 Å². The van der Waals surface area contributed by atoms with Gasteiger partial charge in [-0.1, -0.05) is 36.4 Å². The molecule has 1 N–H and O–H groups in total. The first-order valence-electron chi connectivity index (χ1n) is 9.88. The van der Waals surface area contributed by atoms with Crippen LogP contribution < -0.4 is 10.2 Å². The van der Waals surface area contributed by atoms with E-state index in [1.807, 2.05) is 42.3 Å². The van der Waals surface area contributed by atoms with Gasteiger partial charge in [0.2, 0.25) is 11.8 Å². The van der Waals surface area contributed by atoms with Gasteiger partial charge in [-0.15, -0.1) is 0 Å². The minimum Gasteiger partial charge on any atom is -0.355 e. The van der Waals surface area contributed by atoms with E-state index in [4.69, 9.17) is 0 Å². The van der Waals surface area contributed by atoms with Crippen LogP contribution in [0, 0.1) is 5.92 Å². The molecule has 0 bridgehead atoms. The lowest BCUT2D eigenvalue weighted by Crippen LogP contribution is -2.33. The van der Waals surface area contributed by atoms with E-state index < -0.39 is 0 Å². The number of hydrogen-bond donors (Lipinski definition) is 1. The van der Waals surface area contributed by atoms with Crippen LogP contribution >= 0.6 is 0 Å². The summed E-state index contributed by atoms with van der Waals surface area (Å²) < 4.78 is 0. The van der Waals surface area contributed by atoms with E-state index in [0.717, 1.165) is 30.8 Å². The van der Waals surface area contributed by atoms with Gasteiger partial charge in [0.25, 0.3) is 0 Å². The number of likely N-dealkylation sites (tertiary alicyclic amines) is 1. The fourth-order valence-corrected chi connectivity index (χ4v) is 3.82. The first-order chi connectivity index (χ1) is 13.6. The van der Waals surface area contributed by atoms with Crippen LogP contribution in [-0.2, 0) is 22.7 Å². The van der Waals surface area contributed by atoms with Gasteiger partial charge in [0.15, 0.2) is 0 Å². The second-order valence-corrected chi connectivity index (χ2v) is 7.72. The molecule has 4 rings (SSSR count). The third-order valence-electron chi connectivity index (χ3n) is 5.46. The van der Waals surface area contributed by atoms with Crippen LogP contribution in [0.1, 0.15) is 30.4 Å². The molecule has 1 saturated heterocycles. The SMILES string of the molecule is CN(Cc1ccccc1)c1ncccc1CNC(=O)C1CC(=O)N(C2CC2)C1. The fourth-order valence-electron chi connectivity index (χ4n) is 3.82. The Hall–Kier alpha value is -2.89. The van der Waals surface area contributed by atoms with Gasteiger partial charge in [-0.05, 0) is 24.5 Å². The molecule has 6 heteroatoms. The molecule has 2 aliphatic rings. The van der Waals surface area contributed by atoms with Gasteiger partial charge in [-0.25, -0.2) is 4.98 Å². The largest absolute Gasteiger partial charge is 0.355 e. The van der Waals surface area contributed by atoms with Crippen molar-refractivity contribution in [1.29, 1.82) is 0 Å². The van der Waals surface area contributed by atoms with E-state index in [1.165, 1.54) is 5.56 Å². The van der Waals surface area contributed by atoms with Crippen LogP contribution in [0.3, 0.4) is 0 Å². The number of amides is 2. The maximum absolute atomic E-state index is 12.6. The average Bonchev–Trinajstić information content (AvgIpc) is 3.48. The highest BCUT2D eigenvalue weighted by molar-refractivity contribution is 5.89. The molecule has 2 heterocycles. The third-order valence-corrected chi connectivity index (χ3v) is 5.46. The lowest BCUT2D eigenvalue weighted by Gasteiger charge is -2.22. The third kappa shape index (κ3) is 4.16. The smallest absolute Gasteiger partial charge is 0.225 e. The molecular formula is C22H26N4O2. The van der Waals surface area contributed by atoms with Crippen LogP contribution in [0.2, 0.25) is 0 Å². The standard InChI is InChI=1S/C22H26N4O2/c1-25(14-16-6-3-2-4-7-16)21-17(8-5-11-23-21)13-24-22(28)18-12-20(27)26(15-18)19-9-10-19/h2-8,11,18-19H,9-10,12-15H2,1H3,(H,24,28). The fraction of sp³-hybridized carbons (Fsp3) is 0.409. The van der Waals surface area contributed by atoms with Gasteiger partial charge in [-0.2, -0.15) is 0 Å².